The minimum Gasteiger partial charge on any atom is -0.550 e. The van der Waals surface area contributed by atoms with Crippen molar-refractivity contribution in [2.75, 3.05) is 19.8 Å². The normalized spacial score (nSPS) is 9.08. The van der Waals surface area contributed by atoms with Crippen LogP contribution in [0.2, 0.25) is 0 Å². The van der Waals surface area contributed by atoms with Crippen molar-refractivity contribution in [3.8, 4) is 0 Å². The van der Waals surface area contributed by atoms with Crippen LogP contribution in [-0.2, 0) is 9.53 Å². The molecule has 0 aromatic heterocycles. The number of carboxylic acids is 1. The van der Waals surface area contributed by atoms with Gasteiger partial charge < -0.3 is 19.7 Å². The summed E-state index contributed by atoms with van der Waals surface area (Å²) < 4.78 is 4.97. The first kappa shape index (κ1) is 14.9. The van der Waals surface area contributed by atoms with E-state index < -0.39 is 5.97 Å². The molecular formula is C7H13NaO4. The molecule has 0 aliphatic carbocycles. The molecule has 4 nitrogen and oxygen atoms in total. The van der Waals surface area contributed by atoms with Crippen molar-refractivity contribution in [1.29, 1.82) is 0 Å². The van der Waals surface area contributed by atoms with Crippen LogP contribution in [0, 0.1) is 0 Å². The van der Waals surface area contributed by atoms with Crippen molar-refractivity contribution in [1.82, 2.24) is 0 Å². The Labute approximate surface area is 94.2 Å². The number of rotatable bonds is 7. The Morgan fingerprint density at radius 3 is 2.42 bits per heavy atom. The molecule has 1 N–H and O–H groups in total. The summed E-state index contributed by atoms with van der Waals surface area (Å²) in [5.41, 5.74) is 0. The second kappa shape index (κ2) is 11.4. The molecule has 0 amide bonds. The van der Waals surface area contributed by atoms with Gasteiger partial charge in [0.1, 0.15) is 0 Å². The summed E-state index contributed by atoms with van der Waals surface area (Å²) in [5.74, 6) is -1.05. The first-order valence-electron chi connectivity index (χ1n) is 3.66. The van der Waals surface area contributed by atoms with Gasteiger partial charge in [-0.1, -0.05) is 0 Å². The summed E-state index contributed by atoms with van der Waals surface area (Å²) in [6.07, 6.45) is 1.12. The smallest absolute Gasteiger partial charge is 0.550 e. The molecule has 0 atom stereocenters. The fourth-order valence-electron chi connectivity index (χ4n) is 0.587. The number of hydrogen-bond acceptors (Lipinski definition) is 4. The summed E-state index contributed by atoms with van der Waals surface area (Å²) in [4.78, 5) is 9.88. The van der Waals surface area contributed by atoms with Crippen LogP contribution >= 0.6 is 0 Å². The summed E-state index contributed by atoms with van der Waals surface area (Å²) in [6.45, 7) is 1.03. The largest absolute Gasteiger partial charge is 1.00 e. The van der Waals surface area contributed by atoms with Crippen molar-refractivity contribution in [3.63, 3.8) is 0 Å². The maximum atomic E-state index is 9.88. The van der Waals surface area contributed by atoms with E-state index in [4.69, 9.17) is 9.84 Å². The van der Waals surface area contributed by atoms with Crippen LogP contribution in [0.3, 0.4) is 0 Å². The summed E-state index contributed by atoms with van der Waals surface area (Å²) >= 11 is 0. The average Bonchev–Trinajstić information content (AvgIpc) is 1.96. The van der Waals surface area contributed by atoms with Crippen LogP contribution in [0.1, 0.15) is 19.3 Å². The van der Waals surface area contributed by atoms with Crippen LogP contribution in [0.4, 0.5) is 0 Å². The number of carbonyl (C=O) groups excluding carboxylic acids is 1. The van der Waals surface area contributed by atoms with E-state index in [1.165, 1.54) is 0 Å². The molecule has 0 fully saturated rings. The maximum absolute atomic E-state index is 9.88. The predicted molar refractivity (Wildman–Crippen MR) is 36.8 cm³/mol. The fourth-order valence-corrected chi connectivity index (χ4v) is 0.587. The first-order chi connectivity index (χ1) is 5.27. The molecule has 0 radical (unpaired) electrons. The molecule has 0 saturated heterocycles. The number of carboxylic acid groups (broad SMARTS) is 1. The topological polar surface area (TPSA) is 69.6 Å². The van der Waals surface area contributed by atoms with Gasteiger partial charge in [0.25, 0.3) is 0 Å². The molecule has 0 aliphatic rings. The van der Waals surface area contributed by atoms with Crippen molar-refractivity contribution in [3.05, 3.63) is 0 Å². The van der Waals surface area contributed by atoms with Crippen LogP contribution in [0.15, 0.2) is 0 Å². The Hall–Kier alpha value is 0.390. The quantitative estimate of drug-likeness (QED) is 0.323. The first-order valence-corrected chi connectivity index (χ1v) is 3.66. The summed E-state index contributed by atoms with van der Waals surface area (Å²) in [5, 5.41) is 18.2. The van der Waals surface area contributed by atoms with E-state index in [-0.39, 0.29) is 42.6 Å². The van der Waals surface area contributed by atoms with E-state index in [2.05, 4.69) is 0 Å². The third kappa shape index (κ3) is 13.0. The monoisotopic (exact) mass is 184 g/mol. The van der Waals surface area contributed by atoms with Gasteiger partial charge in [0.2, 0.25) is 0 Å². The Kier molecular flexibility index (Phi) is 14.1. The summed E-state index contributed by atoms with van der Waals surface area (Å²) in [6, 6.07) is 0. The molecule has 12 heavy (non-hydrogen) atoms. The molecule has 0 rings (SSSR count). The average molecular weight is 184 g/mol. The molecule has 5 heteroatoms. The number of ether oxygens (including phenoxy) is 1. The van der Waals surface area contributed by atoms with Gasteiger partial charge in [0, 0.05) is 25.8 Å². The number of carbonyl (C=O) groups is 1. The van der Waals surface area contributed by atoms with E-state index in [1.54, 1.807) is 0 Å². The Morgan fingerprint density at radius 2 is 1.92 bits per heavy atom. The van der Waals surface area contributed by atoms with Crippen LogP contribution in [0.25, 0.3) is 0 Å². The van der Waals surface area contributed by atoms with Crippen molar-refractivity contribution < 1.29 is 49.3 Å². The molecule has 0 spiro atoms. The second-order valence-corrected chi connectivity index (χ2v) is 2.17. The van der Waals surface area contributed by atoms with Gasteiger partial charge in [0.05, 0.1) is 0 Å². The van der Waals surface area contributed by atoms with Gasteiger partial charge in [-0.15, -0.1) is 0 Å². The second-order valence-electron chi connectivity index (χ2n) is 2.17. The Balaban J connectivity index is 0. The zero-order valence-electron chi connectivity index (χ0n) is 7.41. The zero-order chi connectivity index (χ0) is 8.53. The third-order valence-electron chi connectivity index (χ3n) is 1.12. The van der Waals surface area contributed by atoms with Crippen molar-refractivity contribution in [2.24, 2.45) is 0 Å². The third-order valence-corrected chi connectivity index (χ3v) is 1.12. The Morgan fingerprint density at radius 1 is 1.33 bits per heavy atom. The minimum absolute atomic E-state index is 0. The number of aliphatic carboxylic acids is 1. The van der Waals surface area contributed by atoms with Gasteiger partial charge in [-0.3, -0.25) is 0 Å². The maximum Gasteiger partial charge on any atom is 1.00 e. The molecule has 0 bridgehead atoms. The molecule has 0 aliphatic heterocycles. The van der Waals surface area contributed by atoms with E-state index in [1.807, 2.05) is 0 Å². The van der Waals surface area contributed by atoms with Crippen LogP contribution in [0.5, 0.6) is 0 Å². The van der Waals surface area contributed by atoms with Gasteiger partial charge in [-0.2, -0.15) is 0 Å². The van der Waals surface area contributed by atoms with Crippen molar-refractivity contribution in [2.45, 2.75) is 19.3 Å². The van der Waals surface area contributed by atoms with Gasteiger partial charge in [0.15, 0.2) is 0 Å². The molecular weight excluding hydrogens is 171 g/mol. The molecule has 0 heterocycles. The summed E-state index contributed by atoms with van der Waals surface area (Å²) in [7, 11) is 0. The predicted octanol–water partition coefficient (Wildman–Crippen LogP) is -4.08. The molecule has 0 saturated carbocycles. The van der Waals surface area contributed by atoms with Crippen LogP contribution < -0.4 is 34.7 Å². The van der Waals surface area contributed by atoms with Gasteiger partial charge >= 0.3 is 29.6 Å². The van der Waals surface area contributed by atoms with Gasteiger partial charge in [-0.05, 0) is 19.3 Å². The van der Waals surface area contributed by atoms with Gasteiger partial charge in [-0.25, -0.2) is 0 Å². The number of aliphatic hydroxyl groups excluding tert-OH is 1. The fraction of sp³-hybridized carbons (Fsp3) is 0.857. The SMILES string of the molecule is O=C([O-])CCCOCCCO.[Na+]. The zero-order valence-corrected chi connectivity index (χ0v) is 9.41. The van der Waals surface area contributed by atoms with Crippen molar-refractivity contribution >= 4 is 5.97 Å². The van der Waals surface area contributed by atoms with Crippen LogP contribution in [-0.4, -0.2) is 30.9 Å². The molecule has 0 aromatic rings. The number of aliphatic hydroxyl groups is 1. The van der Waals surface area contributed by atoms with E-state index in [9.17, 15) is 9.90 Å². The molecule has 66 valence electrons. The Bertz CT molecular complexity index is 108. The molecule has 0 unspecified atom stereocenters. The minimum atomic E-state index is -1.05. The van der Waals surface area contributed by atoms with E-state index in [0.717, 1.165) is 0 Å². The van der Waals surface area contributed by atoms with E-state index >= 15 is 0 Å². The number of hydrogen-bond donors (Lipinski definition) is 1. The van der Waals surface area contributed by atoms with E-state index in [0.29, 0.717) is 26.1 Å². The standard InChI is InChI=1S/C7H14O4.Na/c8-4-2-6-11-5-1-3-7(9)10;/h8H,1-6H2,(H,9,10);/q;+1/p-1. The molecule has 0 aromatic carbocycles.